The van der Waals surface area contributed by atoms with Gasteiger partial charge in [-0.1, -0.05) is 12.1 Å². The van der Waals surface area contributed by atoms with Crippen LogP contribution in [0.25, 0.3) is 6.08 Å². The second-order valence-corrected chi connectivity index (χ2v) is 4.80. The van der Waals surface area contributed by atoms with E-state index >= 15 is 0 Å². The number of benzene rings is 1. The molecule has 0 fully saturated rings. The van der Waals surface area contributed by atoms with E-state index in [1.165, 1.54) is 0 Å². The van der Waals surface area contributed by atoms with Crippen LogP contribution in [0, 0.1) is 6.92 Å². The fourth-order valence-corrected chi connectivity index (χ4v) is 2.14. The van der Waals surface area contributed by atoms with Gasteiger partial charge in [0.1, 0.15) is 0 Å². The number of carbonyl (C=O) groups is 1. The van der Waals surface area contributed by atoms with Crippen LogP contribution in [-0.4, -0.2) is 29.8 Å². The molecule has 1 heterocycles. The molecule has 22 heavy (non-hydrogen) atoms. The largest absolute Gasteiger partial charge is 0.493 e. The summed E-state index contributed by atoms with van der Waals surface area (Å²) in [6, 6.07) is 5.50. The molecule has 0 N–H and O–H groups in total. The molecule has 5 nitrogen and oxygen atoms in total. The van der Waals surface area contributed by atoms with Gasteiger partial charge >= 0.3 is 0 Å². The van der Waals surface area contributed by atoms with Crippen LogP contribution in [0.3, 0.4) is 0 Å². The Bertz CT molecular complexity index is 702. The SMILES string of the molecule is CCn1cc(C(=O)/C=C/c2ccc(OC)c(OC)c2)c(C)n1. The lowest BCUT2D eigenvalue weighted by Gasteiger charge is -2.07. The van der Waals surface area contributed by atoms with Crippen molar-refractivity contribution in [1.82, 2.24) is 9.78 Å². The predicted molar refractivity (Wildman–Crippen MR) is 85.5 cm³/mol. The fraction of sp³-hybridized carbons (Fsp3) is 0.294. The zero-order chi connectivity index (χ0) is 16.1. The van der Waals surface area contributed by atoms with Gasteiger partial charge in [0.2, 0.25) is 0 Å². The van der Waals surface area contributed by atoms with E-state index in [4.69, 9.17) is 9.47 Å². The molecule has 5 heteroatoms. The average molecular weight is 300 g/mol. The first kappa shape index (κ1) is 15.8. The van der Waals surface area contributed by atoms with Crippen molar-refractivity contribution in [2.75, 3.05) is 14.2 Å². The van der Waals surface area contributed by atoms with Crippen molar-refractivity contribution >= 4 is 11.9 Å². The molecule has 0 atom stereocenters. The molecule has 1 aromatic carbocycles. The van der Waals surface area contributed by atoms with Crippen LogP contribution in [0.5, 0.6) is 11.5 Å². The number of methoxy groups -OCH3 is 2. The van der Waals surface area contributed by atoms with Crippen molar-refractivity contribution in [3.05, 3.63) is 47.3 Å². The molecular formula is C17H20N2O3. The van der Waals surface area contributed by atoms with Gasteiger partial charge in [-0.05, 0) is 37.6 Å². The van der Waals surface area contributed by atoms with E-state index in [2.05, 4.69) is 5.10 Å². The van der Waals surface area contributed by atoms with Gasteiger partial charge < -0.3 is 9.47 Å². The van der Waals surface area contributed by atoms with Crippen LogP contribution < -0.4 is 9.47 Å². The van der Waals surface area contributed by atoms with Crippen LogP contribution in [0.2, 0.25) is 0 Å². The summed E-state index contributed by atoms with van der Waals surface area (Å²) in [5, 5.41) is 4.28. The number of ether oxygens (including phenoxy) is 2. The maximum atomic E-state index is 12.2. The van der Waals surface area contributed by atoms with E-state index in [-0.39, 0.29) is 5.78 Å². The minimum Gasteiger partial charge on any atom is -0.493 e. The zero-order valence-corrected chi connectivity index (χ0v) is 13.3. The number of rotatable bonds is 6. The van der Waals surface area contributed by atoms with Crippen molar-refractivity contribution in [3.63, 3.8) is 0 Å². The Kier molecular flexibility index (Phi) is 4.99. The maximum absolute atomic E-state index is 12.2. The number of allylic oxidation sites excluding steroid dienone is 1. The van der Waals surface area contributed by atoms with Crippen LogP contribution >= 0.6 is 0 Å². The molecule has 0 amide bonds. The highest BCUT2D eigenvalue weighted by Crippen LogP contribution is 2.28. The summed E-state index contributed by atoms with van der Waals surface area (Å²) >= 11 is 0. The normalized spacial score (nSPS) is 10.9. The minimum atomic E-state index is -0.0630. The first-order chi connectivity index (χ1) is 10.6. The first-order valence-corrected chi connectivity index (χ1v) is 7.07. The lowest BCUT2D eigenvalue weighted by Crippen LogP contribution is -1.95. The van der Waals surface area contributed by atoms with Gasteiger partial charge in [-0.25, -0.2) is 0 Å². The van der Waals surface area contributed by atoms with Crippen LogP contribution in [0.4, 0.5) is 0 Å². The van der Waals surface area contributed by atoms with E-state index in [0.29, 0.717) is 17.1 Å². The molecule has 0 unspecified atom stereocenters. The Labute approximate surface area is 130 Å². The molecule has 2 rings (SSSR count). The topological polar surface area (TPSA) is 53.4 Å². The number of hydrogen-bond acceptors (Lipinski definition) is 4. The van der Waals surface area contributed by atoms with Crippen molar-refractivity contribution < 1.29 is 14.3 Å². The molecule has 116 valence electrons. The van der Waals surface area contributed by atoms with Gasteiger partial charge in [0, 0.05) is 12.7 Å². The lowest BCUT2D eigenvalue weighted by molar-refractivity contribution is 0.104. The number of aryl methyl sites for hydroxylation is 2. The van der Waals surface area contributed by atoms with E-state index in [9.17, 15) is 4.79 Å². The molecule has 0 aliphatic heterocycles. The van der Waals surface area contributed by atoms with E-state index in [1.807, 2.05) is 32.0 Å². The van der Waals surface area contributed by atoms with Crippen molar-refractivity contribution in [2.24, 2.45) is 0 Å². The Balaban J connectivity index is 2.20. The summed E-state index contributed by atoms with van der Waals surface area (Å²) < 4.78 is 12.2. The number of aromatic nitrogens is 2. The third kappa shape index (κ3) is 3.36. The minimum absolute atomic E-state index is 0.0630. The Morgan fingerprint density at radius 1 is 1.27 bits per heavy atom. The maximum Gasteiger partial charge on any atom is 0.189 e. The monoisotopic (exact) mass is 300 g/mol. The molecule has 0 aliphatic rings. The fourth-order valence-electron chi connectivity index (χ4n) is 2.14. The number of nitrogens with zero attached hydrogens (tertiary/aromatic N) is 2. The van der Waals surface area contributed by atoms with Gasteiger partial charge in [0.25, 0.3) is 0 Å². The molecule has 1 aromatic heterocycles. The quantitative estimate of drug-likeness (QED) is 0.607. The molecule has 2 aromatic rings. The van der Waals surface area contributed by atoms with Crippen LogP contribution in [0.1, 0.15) is 28.5 Å². The number of carbonyl (C=O) groups excluding carboxylic acids is 1. The summed E-state index contributed by atoms with van der Waals surface area (Å²) in [7, 11) is 3.17. The van der Waals surface area contributed by atoms with Crippen LogP contribution in [-0.2, 0) is 6.54 Å². The smallest absolute Gasteiger partial charge is 0.189 e. The van der Waals surface area contributed by atoms with E-state index in [0.717, 1.165) is 17.8 Å². The van der Waals surface area contributed by atoms with Gasteiger partial charge in [0.05, 0.1) is 25.5 Å². The highest BCUT2D eigenvalue weighted by molar-refractivity contribution is 6.07. The van der Waals surface area contributed by atoms with Crippen molar-refractivity contribution in [3.8, 4) is 11.5 Å². The third-order valence-electron chi connectivity index (χ3n) is 3.37. The van der Waals surface area contributed by atoms with Gasteiger partial charge in [-0.2, -0.15) is 5.10 Å². The second kappa shape index (κ2) is 6.93. The molecule has 0 radical (unpaired) electrons. The summed E-state index contributed by atoms with van der Waals surface area (Å²) in [5.41, 5.74) is 2.23. The summed E-state index contributed by atoms with van der Waals surface area (Å²) in [4.78, 5) is 12.2. The number of ketones is 1. The Morgan fingerprint density at radius 2 is 2.00 bits per heavy atom. The average Bonchev–Trinajstić information content (AvgIpc) is 2.93. The Morgan fingerprint density at radius 3 is 2.59 bits per heavy atom. The summed E-state index contributed by atoms with van der Waals surface area (Å²) in [6.45, 7) is 4.57. The van der Waals surface area contributed by atoms with Crippen molar-refractivity contribution in [1.29, 1.82) is 0 Å². The van der Waals surface area contributed by atoms with E-state index < -0.39 is 0 Å². The Hall–Kier alpha value is -2.56. The lowest BCUT2D eigenvalue weighted by atomic mass is 10.1. The second-order valence-electron chi connectivity index (χ2n) is 4.80. The van der Waals surface area contributed by atoms with E-state index in [1.54, 1.807) is 37.3 Å². The van der Waals surface area contributed by atoms with Crippen LogP contribution in [0.15, 0.2) is 30.5 Å². The highest BCUT2D eigenvalue weighted by Gasteiger charge is 2.10. The van der Waals surface area contributed by atoms with Gasteiger partial charge in [-0.15, -0.1) is 0 Å². The predicted octanol–water partition coefficient (Wildman–Crippen LogP) is 3.12. The molecule has 0 spiro atoms. The standard InChI is InChI=1S/C17H20N2O3/c1-5-19-11-14(12(2)18-19)15(20)8-6-13-7-9-16(21-3)17(10-13)22-4/h6-11H,5H2,1-4H3/b8-6+. The highest BCUT2D eigenvalue weighted by atomic mass is 16.5. The molecule has 0 bridgehead atoms. The summed E-state index contributed by atoms with van der Waals surface area (Å²) in [5.74, 6) is 1.23. The van der Waals surface area contributed by atoms with Gasteiger partial charge in [-0.3, -0.25) is 9.48 Å². The molecule has 0 saturated heterocycles. The van der Waals surface area contributed by atoms with Gasteiger partial charge in [0.15, 0.2) is 17.3 Å². The molecule has 0 aliphatic carbocycles. The van der Waals surface area contributed by atoms with Crippen molar-refractivity contribution in [2.45, 2.75) is 20.4 Å². The third-order valence-corrected chi connectivity index (χ3v) is 3.37. The summed E-state index contributed by atoms with van der Waals surface area (Å²) in [6.07, 6.45) is 5.08. The zero-order valence-electron chi connectivity index (χ0n) is 13.3. The first-order valence-electron chi connectivity index (χ1n) is 7.07. The molecular weight excluding hydrogens is 280 g/mol. The number of hydrogen-bond donors (Lipinski definition) is 0. The molecule has 0 saturated carbocycles.